The van der Waals surface area contributed by atoms with Crippen LogP contribution in [0.15, 0.2) is 30.3 Å². The summed E-state index contributed by atoms with van der Waals surface area (Å²) in [4.78, 5) is 59.9. The van der Waals surface area contributed by atoms with E-state index in [-0.39, 0.29) is 12.2 Å². The Morgan fingerprint density at radius 1 is 1.05 bits per heavy atom. The Morgan fingerprint density at radius 3 is 2.27 bits per heavy atom. The summed E-state index contributed by atoms with van der Waals surface area (Å²) in [6.45, 7) is 1.83. The number of carbonyl (C=O) groups is 5. The third-order valence-electron chi connectivity index (χ3n) is 5.90. The Hall–Kier alpha value is -3.83. The second-order valence-electron chi connectivity index (χ2n) is 8.98. The van der Waals surface area contributed by atoms with E-state index in [1.165, 1.54) is 26.0 Å². The van der Waals surface area contributed by atoms with Crippen LogP contribution in [0.3, 0.4) is 0 Å². The lowest BCUT2D eigenvalue weighted by atomic mass is 9.96. The Labute approximate surface area is 228 Å². The van der Waals surface area contributed by atoms with Gasteiger partial charge in [0.15, 0.2) is 6.29 Å². The van der Waals surface area contributed by atoms with Crippen molar-refractivity contribution in [2.24, 2.45) is 5.73 Å². The number of carboxylic acids is 1. The molecule has 0 bridgehead atoms. The number of hydrogen-bond acceptors (Lipinski definition) is 11. The molecule has 2 rings (SSSR count). The van der Waals surface area contributed by atoms with Gasteiger partial charge in [0.25, 0.3) is 0 Å². The highest BCUT2D eigenvalue weighted by molar-refractivity contribution is 5.92. The number of aliphatic hydroxyl groups is 3. The Kier molecular flexibility index (Phi) is 12.2. The molecule has 1 aliphatic rings. The Bertz CT molecular complexity index is 1040. The molecule has 9 N–H and O–H groups in total. The minimum absolute atomic E-state index is 0.180. The number of aliphatic hydroxyl groups excluding tert-OH is 3. The number of hydrogen-bond donors (Lipinski definition) is 8. The molecule has 1 aromatic carbocycles. The number of nitrogens with two attached hydrogens (primary N) is 1. The molecule has 1 fully saturated rings. The molecule has 16 heteroatoms. The summed E-state index contributed by atoms with van der Waals surface area (Å²) >= 11 is 0. The molecule has 1 saturated heterocycles. The lowest BCUT2D eigenvalue weighted by Crippen LogP contribution is -2.66. The van der Waals surface area contributed by atoms with Gasteiger partial charge >= 0.3 is 12.1 Å². The van der Waals surface area contributed by atoms with Crippen molar-refractivity contribution in [2.45, 2.75) is 75.5 Å². The van der Waals surface area contributed by atoms with Crippen molar-refractivity contribution in [3.05, 3.63) is 30.3 Å². The minimum atomic E-state index is -1.77. The first kappa shape index (κ1) is 32.4. The number of primary amides is 1. The summed E-state index contributed by atoms with van der Waals surface area (Å²) in [6, 6.07) is 3.98. The summed E-state index contributed by atoms with van der Waals surface area (Å²) in [6.07, 6.45) is -9.29. The highest BCUT2D eigenvalue weighted by atomic mass is 16.6. The summed E-state index contributed by atoms with van der Waals surface area (Å²) < 4.78 is 15.9. The number of carbonyl (C=O) groups excluding carboxylic acids is 4. The van der Waals surface area contributed by atoms with Gasteiger partial charge in [-0.05, 0) is 32.4 Å². The van der Waals surface area contributed by atoms with Crippen LogP contribution in [-0.2, 0) is 28.7 Å². The number of rotatable bonds is 13. The monoisotopic (exact) mass is 570 g/mol. The van der Waals surface area contributed by atoms with Gasteiger partial charge in [-0.3, -0.25) is 19.2 Å². The number of para-hydroxylation sites is 1. The zero-order chi connectivity index (χ0) is 30.0. The number of aliphatic carboxylic acids is 1. The van der Waals surface area contributed by atoms with E-state index in [9.17, 15) is 39.3 Å². The molecule has 16 nitrogen and oxygen atoms in total. The molecular weight excluding hydrogens is 536 g/mol. The zero-order valence-electron chi connectivity index (χ0n) is 21.8. The first-order valence-corrected chi connectivity index (χ1v) is 12.3. The fourth-order valence-electron chi connectivity index (χ4n) is 3.71. The van der Waals surface area contributed by atoms with Gasteiger partial charge in [0.2, 0.25) is 17.7 Å². The minimum Gasteiger partial charge on any atom is -0.481 e. The topological polar surface area (TPSA) is 256 Å². The van der Waals surface area contributed by atoms with Gasteiger partial charge in [-0.25, -0.2) is 4.79 Å². The van der Waals surface area contributed by atoms with Crippen molar-refractivity contribution in [1.29, 1.82) is 0 Å². The van der Waals surface area contributed by atoms with E-state index in [4.69, 9.17) is 25.1 Å². The standard InChI is InChI=1S/C24H34N4O12/c1-11(21(34)27-14(20(25)33)8-9-16(30)31)26-22(35)12(2)38-19-17(23(36)40-15(10-29)18(19)32)28-24(37)39-13-6-4-3-5-7-13/h3-7,11-12,14-15,17-19,23,29,32,36H,8-10H2,1-2H3,(H2,25,33)(H,26,35)(H,27,34)(H,28,37)(H,30,31)/t11-,12+,14+,15?,17?,18?,19?,23?/m0/s1. The largest absolute Gasteiger partial charge is 0.481 e. The van der Waals surface area contributed by atoms with Crippen molar-refractivity contribution in [3.63, 3.8) is 0 Å². The van der Waals surface area contributed by atoms with Crippen molar-refractivity contribution >= 4 is 29.8 Å². The first-order valence-electron chi connectivity index (χ1n) is 12.3. The van der Waals surface area contributed by atoms with Gasteiger partial charge in [0, 0.05) is 6.42 Å². The van der Waals surface area contributed by atoms with E-state index in [0.29, 0.717) is 0 Å². The molecular formula is C24H34N4O12. The van der Waals surface area contributed by atoms with Crippen LogP contribution in [0.1, 0.15) is 26.7 Å². The predicted molar refractivity (Wildman–Crippen MR) is 133 cm³/mol. The van der Waals surface area contributed by atoms with Gasteiger partial charge in [0.1, 0.15) is 48.3 Å². The fourth-order valence-corrected chi connectivity index (χ4v) is 3.71. The molecule has 0 saturated carbocycles. The van der Waals surface area contributed by atoms with E-state index in [1.807, 2.05) is 0 Å². The van der Waals surface area contributed by atoms with E-state index >= 15 is 0 Å². The van der Waals surface area contributed by atoms with Gasteiger partial charge in [-0.15, -0.1) is 0 Å². The van der Waals surface area contributed by atoms with Crippen LogP contribution < -0.4 is 26.4 Å². The molecule has 0 spiro atoms. The van der Waals surface area contributed by atoms with Gasteiger partial charge in [0.05, 0.1) is 6.61 Å². The Balaban J connectivity index is 2.05. The number of benzene rings is 1. The van der Waals surface area contributed by atoms with Crippen molar-refractivity contribution in [2.75, 3.05) is 6.61 Å². The first-order chi connectivity index (χ1) is 18.8. The quantitative estimate of drug-likeness (QED) is 0.121. The zero-order valence-corrected chi connectivity index (χ0v) is 21.8. The highest BCUT2D eigenvalue weighted by Gasteiger charge is 2.47. The maximum atomic E-state index is 12.8. The maximum Gasteiger partial charge on any atom is 0.413 e. The summed E-state index contributed by atoms with van der Waals surface area (Å²) in [7, 11) is 0. The average Bonchev–Trinajstić information content (AvgIpc) is 2.90. The Morgan fingerprint density at radius 2 is 1.70 bits per heavy atom. The molecule has 0 aromatic heterocycles. The molecule has 222 valence electrons. The molecule has 5 unspecified atom stereocenters. The summed E-state index contributed by atoms with van der Waals surface area (Å²) in [5, 5.41) is 46.3. The molecule has 1 aromatic rings. The van der Waals surface area contributed by atoms with Gasteiger partial charge in [-0.1, -0.05) is 18.2 Å². The van der Waals surface area contributed by atoms with E-state index in [2.05, 4.69) is 16.0 Å². The highest BCUT2D eigenvalue weighted by Crippen LogP contribution is 2.24. The lowest BCUT2D eigenvalue weighted by molar-refractivity contribution is -0.265. The third kappa shape index (κ3) is 9.42. The molecule has 1 aliphatic heterocycles. The summed E-state index contributed by atoms with van der Waals surface area (Å²) in [5.41, 5.74) is 5.20. The second kappa shape index (κ2) is 15.1. The van der Waals surface area contributed by atoms with Crippen LogP contribution in [0.5, 0.6) is 5.75 Å². The van der Waals surface area contributed by atoms with Gasteiger partial charge in [-0.2, -0.15) is 0 Å². The SMILES string of the molecule is C[C@H](NC(=O)[C@@H](C)OC1C(O)C(CO)OC(O)C1NC(=O)Oc1ccccc1)C(=O)N[C@H](CCC(=O)O)C(N)=O. The normalized spacial score (nSPS) is 24.6. The van der Waals surface area contributed by atoms with Crippen LogP contribution in [0, 0.1) is 0 Å². The van der Waals surface area contributed by atoms with Crippen LogP contribution in [0.4, 0.5) is 4.79 Å². The molecule has 8 atom stereocenters. The van der Waals surface area contributed by atoms with E-state index in [1.54, 1.807) is 18.2 Å². The van der Waals surface area contributed by atoms with Gasteiger partial charge < -0.3 is 56.3 Å². The molecule has 1 heterocycles. The molecule has 0 aliphatic carbocycles. The lowest BCUT2D eigenvalue weighted by Gasteiger charge is -2.43. The van der Waals surface area contributed by atoms with Crippen LogP contribution >= 0.6 is 0 Å². The second-order valence-corrected chi connectivity index (χ2v) is 8.98. The summed E-state index contributed by atoms with van der Waals surface area (Å²) in [5.74, 6) is -3.67. The van der Waals surface area contributed by atoms with E-state index < -0.39 is 91.6 Å². The van der Waals surface area contributed by atoms with E-state index in [0.717, 1.165) is 0 Å². The van der Waals surface area contributed by atoms with Crippen LogP contribution in [0.25, 0.3) is 0 Å². The molecule has 0 radical (unpaired) electrons. The number of amides is 4. The van der Waals surface area contributed by atoms with Crippen molar-refractivity contribution in [3.8, 4) is 5.75 Å². The molecule has 4 amide bonds. The van der Waals surface area contributed by atoms with Crippen LogP contribution in [-0.4, -0.2) is 106 Å². The smallest absolute Gasteiger partial charge is 0.413 e. The number of nitrogens with one attached hydrogen (secondary N) is 3. The predicted octanol–water partition coefficient (Wildman–Crippen LogP) is -2.67. The van der Waals surface area contributed by atoms with Crippen molar-refractivity contribution in [1.82, 2.24) is 16.0 Å². The average molecular weight is 571 g/mol. The number of ether oxygens (including phenoxy) is 3. The fraction of sp³-hybridized carbons (Fsp3) is 0.542. The van der Waals surface area contributed by atoms with Crippen molar-refractivity contribution < 1.29 is 58.6 Å². The van der Waals surface area contributed by atoms with Crippen LogP contribution in [0.2, 0.25) is 0 Å². The third-order valence-corrected chi connectivity index (χ3v) is 5.90. The number of carboxylic acid groups (broad SMARTS) is 1. The maximum absolute atomic E-state index is 12.8. The molecule has 40 heavy (non-hydrogen) atoms.